The molecule has 0 spiro atoms. The minimum atomic E-state index is -3.99. The van der Waals surface area contributed by atoms with Crippen LogP contribution in [0, 0.1) is 0 Å². The topological polar surface area (TPSA) is 110 Å². The smallest absolute Gasteiger partial charge is 0.338 e. The zero-order valence-corrected chi connectivity index (χ0v) is 19.0. The number of halogens is 1. The van der Waals surface area contributed by atoms with Crippen LogP contribution in [0.5, 0.6) is 0 Å². The molecule has 1 heterocycles. The van der Waals surface area contributed by atoms with Crippen LogP contribution in [-0.2, 0) is 19.6 Å². The molecule has 1 aromatic heterocycles. The van der Waals surface area contributed by atoms with E-state index in [9.17, 15) is 22.8 Å². The largest absolute Gasteiger partial charge is 0.452 e. The molecule has 0 atom stereocenters. The van der Waals surface area contributed by atoms with Gasteiger partial charge in [0.2, 0.25) is 0 Å². The SMILES string of the molecule is CN(c1cccc(Cl)c1)S(=O)(=O)c1cccc(C(=O)OCC(=O)NC(=O)c2cccs2)c1. The highest BCUT2D eigenvalue weighted by Crippen LogP contribution is 2.25. The van der Waals surface area contributed by atoms with E-state index in [4.69, 9.17) is 16.3 Å². The van der Waals surface area contributed by atoms with Crippen LogP contribution in [0.1, 0.15) is 20.0 Å². The Balaban J connectivity index is 1.67. The zero-order chi connectivity index (χ0) is 23.3. The molecule has 0 radical (unpaired) electrons. The van der Waals surface area contributed by atoms with Crippen molar-refractivity contribution >= 4 is 56.4 Å². The van der Waals surface area contributed by atoms with Crippen molar-refractivity contribution < 1.29 is 27.5 Å². The van der Waals surface area contributed by atoms with E-state index < -0.39 is 34.4 Å². The predicted octanol–water partition coefficient (Wildman–Crippen LogP) is 3.34. The monoisotopic (exact) mass is 492 g/mol. The molecule has 1 N–H and O–H groups in total. The number of thiophene rings is 1. The van der Waals surface area contributed by atoms with Crippen molar-refractivity contribution in [2.75, 3.05) is 18.0 Å². The molecule has 8 nitrogen and oxygen atoms in total. The minimum absolute atomic E-state index is 0.0667. The lowest BCUT2D eigenvalue weighted by Crippen LogP contribution is -2.33. The Hall–Kier alpha value is -3.21. The molecular formula is C21H17ClN2O6S2. The van der Waals surface area contributed by atoms with Crippen LogP contribution in [0.3, 0.4) is 0 Å². The molecule has 32 heavy (non-hydrogen) atoms. The molecule has 0 unspecified atom stereocenters. The molecule has 0 bridgehead atoms. The second-order valence-corrected chi connectivity index (χ2v) is 9.76. The Kier molecular flexibility index (Phi) is 7.29. The first-order valence-corrected chi connectivity index (χ1v) is 11.8. The van der Waals surface area contributed by atoms with Gasteiger partial charge in [-0.05, 0) is 47.8 Å². The second kappa shape index (κ2) is 9.94. The van der Waals surface area contributed by atoms with Gasteiger partial charge >= 0.3 is 5.97 Å². The maximum Gasteiger partial charge on any atom is 0.338 e. The third kappa shape index (κ3) is 5.52. The number of ether oxygens (including phenoxy) is 1. The van der Waals surface area contributed by atoms with Gasteiger partial charge in [0.1, 0.15) is 0 Å². The van der Waals surface area contributed by atoms with E-state index in [2.05, 4.69) is 5.32 Å². The average Bonchev–Trinajstić information content (AvgIpc) is 3.32. The third-order valence-electron chi connectivity index (χ3n) is 4.23. The first kappa shape index (κ1) is 23.5. The van der Waals surface area contributed by atoms with Crippen molar-refractivity contribution in [2.45, 2.75) is 4.90 Å². The summed E-state index contributed by atoms with van der Waals surface area (Å²) in [4.78, 5) is 36.2. The summed E-state index contributed by atoms with van der Waals surface area (Å²) in [5.41, 5.74) is 0.278. The van der Waals surface area contributed by atoms with Crippen LogP contribution in [0.4, 0.5) is 5.69 Å². The number of benzene rings is 2. The number of imide groups is 1. The van der Waals surface area contributed by atoms with Gasteiger partial charge in [0, 0.05) is 12.1 Å². The number of esters is 1. The van der Waals surface area contributed by atoms with Gasteiger partial charge < -0.3 is 4.74 Å². The van der Waals surface area contributed by atoms with Gasteiger partial charge in [-0.25, -0.2) is 13.2 Å². The zero-order valence-electron chi connectivity index (χ0n) is 16.6. The van der Waals surface area contributed by atoms with Gasteiger partial charge in [-0.1, -0.05) is 29.8 Å². The summed E-state index contributed by atoms with van der Waals surface area (Å²) in [7, 11) is -2.63. The van der Waals surface area contributed by atoms with E-state index in [0.717, 1.165) is 21.7 Å². The number of amides is 2. The molecule has 2 amide bonds. The minimum Gasteiger partial charge on any atom is -0.452 e. The van der Waals surface area contributed by atoms with Crippen molar-refractivity contribution in [2.24, 2.45) is 0 Å². The van der Waals surface area contributed by atoms with E-state index in [-0.39, 0.29) is 10.5 Å². The number of carbonyl (C=O) groups is 3. The fourth-order valence-electron chi connectivity index (χ4n) is 2.60. The van der Waals surface area contributed by atoms with Crippen molar-refractivity contribution in [1.29, 1.82) is 0 Å². The molecule has 166 valence electrons. The highest BCUT2D eigenvalue weighted by molar-refractivity contribution is 7.92. The predicted molar refractivity (Wildman–Crippen MR) is 121 cm³/mol. The quantitative estimate of drug-likeness (QED) is 0.506. The number of sulfonamides is 1. The summed E-state index contributed by atoms with van der Waals surface area (Å²) in [6, 6.07) is 14.7. The molecule has 0 fully saturated rings. The van der Waals surface area contributed by atoms with Crippen LogP contribution in [-0.4, -0.2) is 39.9 Å². The average molecular weight is 493 g/mol. The van der Waals surface area contributed by atoms with Gasteiger partial charge in [-0.3, -0.25) is 19.2 Å². The van der Waals surface area contributed by atoms with Crippen LogP contribution >= 0.6 is 22.9 Å². The van der Waals surface area contributed by atoms with E-state index >= 15 is 0 Å². The first-order chi connectivity index (χ1) is 15.2. The van der Waals surface area contributed by atoms with Crippen LogP contribution in [0.15, 0.2) is 70.9 Å². The number of hydrogen-bond acceptors (Lipinski definition) is 7. The molecule has 0 saturated heterocycles. The van der Waals surface area contributed by atoms with Gasteiger partial charge in [0.05, 0.1) is 21.0 Å². The van der Waals surface area contributed by atoms with Crippen molar-refractivity contribution in [3.8, 4) is 0 Å². The summed E-state index contributed by atoms with van der Waals surface area (Å²) < 4.78 is 31.8. The standard InChI is InChI=1S/C21H17ClN2O6S2/c1-24(16-7-3-6-15(22)12-16)32(28,29)17-8-2-5-14(11-17)21(27)30-13-19(25)23-20(26)18-9-4-10-31-18/h2-12H,13H2,1H3,(H,23,25,26). The highest BCUT2D eigenvalue weighted by Gasteiger charge is 2.23. The lowest BCUT2D eigenvalue weighted by atomic mass is 10.2. The van der Waals surface area contributed by atoms with E-state index in [1.54, 1.807) is 35.7 Å². The van der Waals surface area contributed by atoms with E-state index in [1.165, 1.54) is 31.3 Å². The molecule has 2 aromatic carbocycles. The lowest BCUT2D eigenvalue weighted by molar-refractivity contribution is -0.123. The van der Waals surface area contributed by atoms with Gasteiger partial charge in [-0.15, -0.1) is 11.3 Å². The number of rotatable bonds is 7. The molecular weight excluding hydrogens is 476 g/mol. The van der Waals surface area contributed by atoms with Crippen LogP contribution in [0.2, 0.25) is 5.02 Å². The second-order valence-electron chi connectivity index (χ2n) is 6.41. The van der Waals surface area contributed by atoms with E-state index in [1.807, 2.05) is 0 Å². The molecule has 0 saturated carbocycles. The number of nitrogens with one attached hydrogen (secondary N) is 1. The summed E-state index contributed by atoms with van der Waals surface area (Å²) in [6.07, 6.45) is 0. The highest BCUT2D eigenvalue weighted by atomic mass is 35.5. The number of anilines is 1. The number of carbonyl (C=O) groups excluding carboxylic acids is 3. The fourth-order valence-corrected chi connectivity index (χ4v) is 4.64. The Morgan fingerprint density at radius 2 is 1.81 bits per heavy atom. The van der Waals surface area contributed by atoms with Crippen molar-refractivity contribution in [3.05, 3.63) is 81.5 Å². The van der Waals surface area contributed by atoms with E-state index in [0.29, 0.717) is 15.6 Å². The molecule has 0 aliphatic rings. The van der Waals surface area contributed by atoms with Crippen LogP contribution in [0.25, 0.3) is 0 Å². The van der Waals surface area contributed by atoms with Gasteiger partial charge in [-0.2, -0.15) is 0 Å². The molecule has 0 aliphatic carbocycles. The summed E-state index contributed by atoms with van der Waals surface area (Å²) >= 11 is 7.10. The van der Waals surface area contributed by atoms with Crippen molar-refractivity contribution in [1.82, 2.24) is 5.32 Å². The number of hydrogen-bond donors (Lipinski definition) is 1. The summed E-state index contributed by atoms with van der Waals surface area (Å²) in [6.45, 7) is -0.699. The fraction of sp³-hybridized carbons (Fsp3) is 0.0952. The maximum atomic E-state index is 12.9. The summed E-state index contributed by atoms with van der Waals surface area (Å²) in [5, 5.41) is 4.16. The molecule has 0 aliphatic heterocycles. The summed E-state index contributed by atoms with van der Waals surface area (Å²) in [5.74, 6) is -2.31. The number of nitrogens with zero attached hydrogens (tertiary/aromatic N) is 1. The molecule has 3 aromatic rings. The normalized spacial score (nSPS) is 10.9. The van der Waals surface area contributed by atoms with Gasteiger partial charge in [0.25, 0.3) is 21.8 Å². The Labute approximate surface area is 193 Å². The Morgan fingerprint density at radius 3 is 2.50 bits per heavy atom. The Bertz CT molecular complexity index is 1260. The first-order valence-electron chi connectivity index (χ1n) is 9.08. The van der Waals surface area contributed by atoms with Gasteiger partial charge in [0.15, 0.2) is 6.61 Å². The van der Waals surface area contributed by atoms with Crippen LogP contribution < -0.4 is 9.62 Å². The maximum absolute atomic E-state index is 12.9. The molecule has 3 rings (SSSR count). The molecule has 11 heteroatoms. The lowest BCUT2D eigenvalue weighted by Gasteiger charge is -2.20. The van der Waals surface area contributed by atoms with Crippen molar-refractivity contribution in [3.63, 3.8) is 0 Å². The Morgan fingerprint density at radius 1 is 1.06 bits per heavy atom. The third-order valence-corrected chi connectivity index (χ3v) is 7.12.